The summed E-state index contributed by atoms with van der Waals surface area (Å²) in [5.74, 6) is 0.581. The molecule has 0 amide bonds. The topological polar surface area (TPSA) is 22.9 Å². The Morgan fingerprint density at radius 3 is 1.23 bits per heavy atom. The molecule has 0 aliphatic rings. The van der Waals surface area contributed by atoms with Gasteiger partial charge in [0.1, 0.15) is 0 Å². The zero-order chi connectivity index (χ0) is 17.0. The van der Waals surface area contributed by atoms with Gasteiger partial charge >= 0.3 is 0 Å². The highest BCUT2D eigenvalue weighted by Crippen LogP contribution is 2.23. The van der Waals surface area contributed by atoms with Crippen LogP contribution in [-0.4, -0.2) is 5.11 Å². The first kappa shape index (κ1) is 18.3. The van der Waals surface area contributed by atoms with E-state index in [0.29, 0.717) is 5.75 Å². The highest BCUT2D eigenvalue weighted by Gasteiger charge is 2.13. The minimum absolute atomic E-state index is 0.202. The van der Waals surface area contributed by atoms with Crippen molar-refractivity contribution in [1.82, 2.24) is 0 Å². The standard InChI is InChI=1S/C11H16.C10H14O/c1-9-5-7-10(8-6-9)11(2,3)4;1-10(2,3)8-4-6-9(11)7-5-8/h5-8H,1-4H3;4-7,11H,1-3H3/p+1. The Bertz CT molecular complexity index is 508. The Labute approximate surface area is 136 Å². The SMILES string of the molecule is CC(C)(C)c1ccc([OH2+])cc1.Cc1ccc(C(C)(C)C)cc1. The summed E-state index contributed by atoms with van der Waals surface area (Å²) in [5, 5.41) is 7.30. The van der Waals surface area contributed by atoms with Gasteiger partial charge in [-0.15, -0.1) is 0 Å². The quantitative estimate of drug-likeness (QED) is 0.556. The van der Waals surface area contributed by atoms with Crippen LogP contribution in [-0.2, 0) is 10.8 Å². The molecule has 0 aliphatic carbocycles. The summed E-state index contributed by atoms with van der Waals surface area (Å²) in [7, 11) is 0. The summed E-state index contributed by atoms with van der Waals surface area (Å²) in [5.41, 5.74) is 4.51. The third-order valence-corrected chi connectivity index (χ3v) is 3.67. The van der Waals surface area contributed by atoms with Gasteiger partial charge in [-0.2, -0.15) is 0 Å². The number of aryl methyl sites for hydroxylation is 1. The van der Waals surface area contributed by atoms with Crippen LogP contribution in [0.4, 0.5) is 0 Å². The van der Waals surface area contributed by atoms with E-state index < -0.39 is 0 Å². The van der Waals surface area contributed by atoms with E-state index >= 15 is 0 Å². The van der Waals surface area contributed by atoms with Crippen molar-refractivity contribution in [3.63, 3.8) is 0 Å². The lowest BCUT2D eigenvalue weighted by Crippen LogP contribution is -2.10. The molecular weight excluding hydrogens is 268 g/mol. The Hall–Kier alpha value is -1.76. The molecule has 1 nitrogen and oxygen atoms in total. The maximum absolute atomic E-state index is 7.30. The van der Waals surface area contributed by atoms with Crippen molar-refractivity contribution in [2.24, 2.45) is 0 Å². The molecule has 0 spiro atoms. The van der Waals surface area contributed by atoms with Crippen molar-refractivity contribution in [2.45, 2.75) is 59.3 Å². The molecular formula is C21H31O+. The van der Waals surface area contributed by atoms with E-state index in [1.807, 2.05) is 24.3 Å². The molecule has 0 radical (unpaired) electrons. The lowest BCUT2D eigenvalue weighted by molar-refractivity contribution is 0.474. The maximum Gasteiger partial charge on any atom is 0.253 e. The molecule has 0 saturated carbocycles. The van der Waals surface area contributed by atoms with Crippen LogP contribution in [0.1, 0.15) is 58.2 Å². The second-order valence-electron chi connectivity index (χ2n) is 7.94. The molecule has 2 aromatic rings. The van der Waals surface area contributed by atoms with Gasteiger partial charge in [-0.1, -0.05) is 71.4 Å². The average Bonchev–Trinajstić information content (AvgIpc) is 2.38. The summed E-state index contributed by atoms with van der Waals surface area (Å²) >= 11 is 0. The Kier molecular flexibility index (Phi) is 5.82. The molecule has 0 bridgehead atoms. The first-order chi connectivity index (χ1) is 10.00. The van der Waals surface area contributed by atoms with Gasteiger partial charge in [0, 0.05) is 12.1 Å². The summed E-state index contributed by atoms with van der Waals surface area (Å²) < 4.78 is 0. The third kappa shape index (κ3) is 5.93. The van der Waals surface area contributed by atoms with Gasteiger partial charge in [0.05, 0.1) is 0 Å². The van der Waals surface area contributed by atoms with Crippen molar-refractivity contribution in [1.29, 1.82) is 0 Å². The van der Waals surface area contributed by atoms with Crippen LogP contribution in [0.15, 0.2) is 48.5 Å². The lowest BCUT2D eigenvalue weighted by Gasteiger charge is -2.18. The first-order valence-corrected chi connectivity index (χ1v) is 7.89. The fourth-order valence-electron chi connectivity index (χ4n) is 2.02. The Balaban J connectivity index is 0.000000220. The maximum atomic E-state index is 7.30. The zero-order valence-electron chi connectivity index (χ0n) is 15.1. The van der Waals surface area contributed by atoms with E-state index in [1.54, 1.807) is 0 Å². The fraction of sp³-hybridized carbons (Fsp3) is 0.429. The van der Waals surface area contributed by atoms with Crippen LogP contribution >= 0.6 is 0 Å². The molecule has 120 valence electrons. The molecule has 0 aromatic heterocycles. The predicted octanol–water partition coefficient (Wildman–Crippen LogP) is 5.71. The summed E-state index contributed by atoms with van der Waals surface area (Å²) in [6.07, 6.45) is 0. The van der Waals surface area contributed by atoms with Crippen molar-refractivity contribution in [3.8, 4) is 5.75 Å². The lowest BCUT2D eigenvalue weighted by atomic mass is 9.87. The minimum atomic E-state index is 0.202. The molecule has 0 saturated heterocycles. The molecule has 0 heterocycles. The molecule has 22 heavy (non-hydrogen) atoms. The van der Waals surface area contributed by atoms with E-state index in [4.69, 9.17) is 5.11 Å². The van der Waals surface area contributed by atoms with Crippen LogP contribution in [0.25, 0.3) is 0 Å². The van der Waals surface area contributed by atoms with Crippen molar-refractivity contribution in [2.75, 3.05) is 0 Å². The van der Waals surface area contributed by atoms with Gasteiger partial charge in [-0.25, -0.2) is 0 Å². The van der Waals surface area contributed by atoms with Gasteiger partial charge in [0.2, 0.25) is 0 Å². The van der Waals surface area contributed by atoms with Crippen molar-refractivity contribution in [3.05, 3.63) is 65.2 Å². The van der Waals surface area contributed by atoms with Crippen molar-refractivity contribution >= 4 is 0 Å². The number of hydrogen-bond donors (Lipinski definition) is 0. The molecule has 2 rings (SSSR count). The van der Waals surface area contributed by atoms with E-state index in [1.165, 1.54) is 16.7 Å². The first-order valence-electron chi connectivity index (χ1n) is 7.89. The second kappa shape index (κ2) is 7.00. The number of rotatable bonds is 0. The molecule has 0 atom stereocenters. The Morgan fingerprint density at radius 2 is 0.909 bits per heavy atom. The third-order valence-electron chi connectivity index (χ3n) is 3.67. The highest BCUT2D eigenvalue weighted by atomic mass is 16.3. The molecule has 1 heteroatoms. The van der Waals surface area contributed by atoms with E-state index in [9.17, 15) is 0 Å². The Morgan fingerprint density at radius 1 is 0.591 bits per heavy atom. The zero-order valence-corrected chi connectivity index (χ0v) is 15.1. The van der Waals surface area contributed by atoms with E-state index in [-0.39, 0.29) is 10.8 Å². The largest absolute Gasteiger partial charge is 0.593 e. The fourth-order valence-corrected chi connectivity index (χ4v) is 2.02. The molecule has 0 aliphatic heterocycles. The monoisotopic (exact) mass is 299 g/mol. The number of hydrogen-bond acceptors (Lipinski definition) is 0. The normalized spacial score (nSPS) is 11.6. The van der Waals surface area contributed by atoms with Gasteiger partial charge in [0.15, 0.2) is 0 Å². The van der Waals surface area contributed by atoms with Crippen LogP contribution in [0, 0.1) is 6.92 Å². The predicted molar refractivity (Wildman–Crippen MR) is 98.1 cm³/mol. The molecule has 2 aromatic carbocycles. The van der Waals surface area contributed by atoms with Crippen LogP contribution in [0.5, 0.6) is 5.75 Å². The molecule has 0 unspecified atom stereocenters. The highest BCUT2D eigenvalue weighted by molar-refractivity contribution is 5.30. The smallest absolute Gasteiger partial charge is 0.253 e. The number of benzene rings is 2. The van der Waals surface area contributed by atoms with Crippen LogP contribution in [0.2, 0.25) is 0 Å². The summed E-state index contributed by atoms with van der Waals surface area (Å²) in [4.78, 5) is 0. The van der Waals surface area contributed by atoms with Crippen LogP contribution < -0.4 is 0 Å². The van der Waals surface area contributed by atoms with Gasteiger partial charge in [0.25, 0.3) is 5.75 Å². The van der Waals surface area contributed by atoms with E-state index in [2.05, 4.69) is 72.7 Å². The summed E-state index contributed by atoms with van der Waals surface area (Å²) in [6.45, 7) is 15.3. The second-order valence-corrected chi connectivity index (χ2v) is 7.94. The summed E-state index contributed by atoms with van der Waals surface area (Å²) in [6, 6.07) is 16.4. The van der Waals surface area contributed by atoms with Crippen LogP contribution in [0.3, 0.4) is 0 Å². The minimum Gasteiger partial charge on any atom is -0.593 e. The van der Waals surface area contributed by atoms with Crippen molar-refractivity contribution < 1.29 is 5.11 Å². The van der Waals surface area contributed by atoms with Gasteiger partial charge in [-0.05, 0) is 41.0 Å². The molecule has 0 fully saturated rings. The van der Waals surface area contributed by atoms with Gasteiger partial charge in [-0.3, -0.25) is 0 Å². The van der Waals surface area contributed by atoms with Gasteiger partial charge < -0.3 is 5.11 Å². The molecule has 2 N–H and O–H groups in total. The van der Waals surface area contributed by atoms with E-state index in [0.717, 1.165) is 0 Å². The average molecular weight is 299 g/mol.